The van der Waals surface area contributed by atoms with Crippen LogP contribution in [0.5, 0.6) is 5.75 Å². The molecule has 1 aromatic carbocycles. The van der Waals surface area contributed by atoms with E-state index in [1.807, 2.05) is 0 Å². The third-order valence-electron chi connectivity index (χ3n) is 5.08. The van der Waals surface area contributed by atoms with Crippen molar-refractivity contribution >= 4 is 21.5 Å². The summed E-state index contributed by atoms with van der Waals surface area (Å²) in [5.74, 6) is 0.423. The van der Waals surface area contributed by atoms with Crippen LogP contribution in [-0.4, -0.2) is 49.3 Å². The average Bonchev–Trinajstić information content (AvgIpc) is 2.54. The minimum Gasteiger partial charge on any atom is -0.485 e. The molecule has 27 heavy (non-hydrogen) atoms. The Morgan fingerprint density at radius 1 is 1.30 bits per heavy atom. The second-order valence-corrected chi connectivity index (χ2v) is 9.27. The number of anilines is 1. The number of ether oxygens (including phenoxy) is 1. The van der Waals surface area contributed by atoms with E-state index in [0.29, 0.717) is 11.3 Å². The van der Waals surface area contributed by atoms with E-state index in [0.717, 1.165) is 38.6 Å². The van der Waals surface area contributed by atoms with Gasteiger partial charge in [-0.2, -0.15) is 8.42 Å². The number of nitro groups is 1. The lowest BCUT2D eigenvalue weighted by Gasteiger charge is -2.48. The molecule has 2 atom stereocenters. The fraction of sp³-hybridized carbons (Fsp3) is 0.647. The zero-order valence-electron chi connectivity index (χ0n) is 15.7. The molecule has 2 heterocycles. The van der Waals surface area contributed by atoms with E-state index in [1.165, 1.54) is 12.1 Å². The van der Waals surface area contributed by atoms with Crippen LogP contribution in [0.1, 0.15) is 44.7 Å². The average molecular weight is 399 g/mol. The number of hydrogen-bond donors (Lipinski definition) is 1. The Bertz CT molecular complexity index is 848. The molecule has 0 bridgehead atoms. The van der Waals surface area contributed by atoms with E-state index >= 15 is 0 Å². The molecule has 0 saturated carbocycles. The number of piperidine rings is 1. The van der Waals surface area contributed by atoms with Gasteiger partial charge in [-0.1, -0.05) is 6.42 Å². The summed E-state index contributed by atoms with van der Waals surface area (Å²) >= 11 is 0. The molecule has 0 unspecified atom stereocenters. The second kappa shape index (κ2) is 6.92. The number of nitrogens with two attached hydrogens (primary N) is 1. The van der Waals surface area contributed by atoms with Crippen molar-refractivity contribution in [1.82, 2.24) is 4.90 Å². The first kappa shape index (κ1) is 19.8. The molecule has 1 fully saturated rings. The standard InChI is InChI=1S/C17H25N3O6S/c1-17(2)16(26-27(3,23)24)15(19-7-5-4-6-8-19)11-9-13(20(21)22)12(18)10-14(11)25-17/h9-10,15-16H,4-8,18H2,1-3H3/t15-,16+/m1/s1. The summed E-state index contributed by atoms with van der Waals surface area (Å²) in [4.78, 5) is 13.0. The maximum Gasteiger partial charge on any atom is 0.292 e. The number of likely N-dealkylation sites (tertiary alicyclic amines) is 1. The fourth-order valence-corrected chi connectivity index (χ4v) is 4.62. The first-order valence-corrected chi connectivity index (χ1v) is 10.7. The first-order chi connectivity index (χ1) is 12.5. The Morgan fingerprint density at radius 2 is 1.93 bits per heavy atom. The van der Waals surface area contributed by atoms with Gasteiger partial charge in [0.2, 0.25) is 0 Å². The molecule has 1 saturated heterocycles. The lowest BCUT2D eigenvalue weighted by Crippen LogP contribution is -2.56. The molecule has 2 aliphatic heterocycles. The zero-order chi connectivity index (χ0) is 20.0. The molecule has 0 radical (unpaired) electrons. The number of nitrogen functional groups attached to an aromatic ring is 1. The molecule has 0 aromatic heterocycles. The predicted molar refractivity (Wildman–Crippen MR) is 100 cm³/mol. The lowest BCUT2D eigenvalue weighted by molar-refractivity contribution is -0.384. The van der Waals surface area contributed by atoms with Gasteiger partial charge in [0.15, 0.2) is 0 Å². The molecule has 150 valence electrons. The van der Waals surface area contributed by atoms with Gasteiger partial charge in [0.05, 0.1) is 17.2 Å². The van der Waals surface area contributed by atoms with Crippen LogP contribution in [0, 0.1) is 10.1 Å². The molecule has 2 aliphatic rings. The van der Waals surface area contributed by atoms with E-state index in [1.54, 1.807) is 13.8 Å². The first-order valence-electron chi connectivity index (χ1n) is 8.89. The molecule has 0 amide bonds. The smallest absolute Gasteiger partial charge is 0.292 e. The lowest BCUT2D eigenvalue weighted by atomic mass is 9.84. The number of fused-ring (bicyclic) bond motifs is 1. The Morgan fingerprint density at radius 3 is 2.48 bits per heavy atom. The van der Waals surface area contributed by atoms with Crippen molar-refractivity contribution in [3.05, 3.63) is 27.8 Å². The highest BCUT2D eigenvalue weighted by Gasteiger charge is 2.49. The van der Waals surface area contributed by atoms with E-state index in [4.69, 9.17) is 14.7 Å². The zero-order valence-corrected chi connectivity index (χ0v) is 16.5. The van der Waals surface area contributed by atoms with Gasteiger partial charge < -0.3 is 10.5 Å². The summed E-state index contributed by atoms with van der Waals surface area (Å²) in [6.07, 6.45) is 3.18. The van der Waals surface area contributed by atoms with Gasteiger partial charge in [-0.15, -0.1) is 0 Å². The number of benzene rings is 1. The van der Waals surface area contributed by atoms with Gasteiger partial charge in [0.25, 0.3) is 15.8 Å². The number of nitro benzene ring substituents is 1. The highest BCUT2D eigenvalue weighted by molar-refractivity contribution is 7.86. The van der Waals surface area contributed by atoms with Crippen molar-refractivity contribution in [3.8, 4) is 5.75 Å². The molecule has 10 heteroatoms. The summed E-state index contributed by atoms with van der Waals surface area (Å²) in [6.45, 7) is 5.00. The number of hydrogen-bond acceptors (Lipinski definition) is 8. The van der Waals surface area contributed by atoms with Crippen LogP contribution in [0.15, 0.2) is 12.1 Å². The van der Waals surface area contributed by atoms with Crippen LogP contribution >= 0.6 is 0 Å². The van der Waals surface area contributed by atoms with Gasteiger partial charge in [-0.25, -0.2) is 0 Å². The maximum atomic E-state index is 11.9. The summed E-state index contributed by atoms with van der Waals surface area (Å²) in [6, 6.07) is 2.35. The highest BCUT2D eigenvalue weighted by atomic mass is 32.2. The third kappa shape index (κ3) is 4.02. The van der Waals surface area contributed by atoms with Crippen LogP contribution in [0.4, 0.5) is 11.4 Å². The van der Waals surface area contributed by atoms with Gasteiger partial charge >= 0.3 is 0 Å². The van der Waals surface area contributed by atoms with Crippen molar-refractivity contribution in [2.45, 2.75) is 50.9 Å². The fourth-order valence-electron chi connectivity index (χ4n) is 3.90. The summed E-state index contributed by atoms with van der Waals surface area (Å²) < 4.78 is 35.3. The minimum atomic E-state index is -3.77. The van der Waals surface area contributed by atoms with E-state index in [9.17, 15) is 18.5 Å². The summed E-state index contributed by atoms with van der Waals surface area (Å²) in [7, 11) is -3.77. The van der Waals surface area contributed by atoms with Gasteiger partial charge in [0, 0.05) is 17.7 Å². The van der Waals surface area contributed by atoms with Crippen LogP contribution in [0.25, 0.3) is 0 Å². The molecule has 9 nitrogen and oxygen atoms in total. The summed E-state index contributed by atoms with van der Waals surface area (Å²) in [5, 5.41) is 11.4. The molecule has 0 spiro atoms. The highest BCUT2D eigenvalue weighted by Crippen LogP contribution is 2.48. The SMILES string of the molecule is CC1(C)Oc2cc(N)c([N+](=O)[O-])cc2[C@@H](N2CCCCC2)[C@@H]1OS(C)(=O)=O. The van der Waals surface area contributed by atoms with Gasteiger partial charge in [-0.3, -0.25) is 19.2 Å². The largest absolute Gasteiger partial charge is 0.485 e. The van der Waals surface area contributed by atoms with Crippen molar-refractivity contribution in [3.63, 3.8) is 0 Å². The second-order valence-electron chi connectivity index (χ2n) is 7.67. The molecular formula is C17H25N3O6S. The predicted octanol–water partition coefficient (Wildman–Crippen LogP) is 2.22. The van der Waals surface area contributed by atoms with Crippen molar-refractivity contribution < 1.29 is 22.3 Å². The maximum absolute atomic E-state index is 11.9. The van der Waals surface area contributed by atoms with Crippen molar-refractivity contribution in [2.24, 2.45) is 0 Å². The third-order valence-corrected chi connectivity index (χ3v) is 5.64. The Hall–Kier alpha value is -1.91. The van der Waals surface area contributed by atoms with E-state index in [2.05, 4.69) is 4.90 Å². The van der Waals surface area contributed by atoms with Gasteiger partial charge in [0.1, 0.15) is 23.1 Å². The number of nitrogens with zero attached hydrogens (tertiary/aromatic N) is 2. The molecule has 1 aromatic rings. The molecular weight excluding hydrogens is 374 g/mol. The summed E-state index contributed by atoms with van der Waals surface area (Å²) in [5.41, 5.74) is 5.18. The molecule has 2 N–H and O–H groups in total. The van der Waals surface area contributed by atoms with E-state index < -0.39 is 32.8 Å². The van der Waals surface area contributed by atoms with Crippen LogP contribution in [0.3, 0.4) is 0 Å². The quantitative estimate of drug-likeness (QED) is 0.354. The van der Waals surface area contributed by atoms with Crippen LogP contribution in [-0.2, 0) is 14.3 Å². The van der Waals surface area contributed by atoms with E-state index in [-0.39, 0.29) is 11.4 Å². The Balaban J connectivity index is 2.17. The van der Waals surface area contributed by atoms with Gasteiger partial charge in [-0.05, 0) is 39.8 Å². The number of rotatable bonds is 4. The van der Waals surface area contributed by atoms with Crippen LogP contribution in [0.2, 0.25) is 0 Å². The van der Waals surface area contributed by atoms with Crippen LogP contribution < -0.4 is 10.5 Å². The van der Waals surface area contributed by atoms with Crippen molar-refractivity contribution in [1.29, 1.82) is 0 Å². The topological polar surface area (TPSA) is 125 Å². The molecule has 0 aliphatic carbocycles. The van der Waals surface area contributed by atoms with Crippen molar-refractivity contribution in [2.75, 3.05) is 25.1 Å². The Kier molecular flexibility index (Phi) is 5.08. The molecule has 3 rings (SSSR count). The monoisotopic (exact) mass is 399 g/mol. The minimum absolute atomic E-state index is 0.00873. The Labute approximate surface area is 158 Å². The normalized spacial score (nSPS) is 25.4.